The van der Waals surface area contributed by atoms with Crippen LogP contribution in [-0.4, -0.2) is 33.1 Å². The normalized spacial score (nSPS) is 17.9. The van der Waals surface area contributed by atoms with Crippen LogP contribution in [0.15, 0.2) is 23.1 Å². The molecule has 2 rings (SSSR count). The summed E-state index contributed by atoms with van der Waals surface area (Å²) < 4.78 is 23.5. The van der Waals surface area contributed by atoms with Crippen LogP contribution in [0.4, 0.5) is 5.69 Å². The Morgan fingerprint density at radius 2 is 2.19 bits per heavy atom. The summed E-state index contributed by atoms with van der Waals surface area (Å²) in [6, 6.07) is 5.23. The van der Waals surface area contributed by atoms with E-state index >= 15 is 0 Å². The number of aliphatic hydroxyl groups excluding tert-OH is 1. The van der Waals surface area contributed by atoms with Crippen LogP contribution in [0.25, 0.3) is 0 Å². The molecule has 1 heterocycles. The van der Waals surface area contributed by atoms with Gasteiger partial charge in [-0.25, -0.2) is 8.42 Å². The fourth-order valence-electron chi connectivity index (χ4n) is 1.95. The number of aryl methyl sites for hydroxylation is 1. The van der Waals surface area contributed by atoms with Gasteiger partial charge < -0.3 is 10.0 Å². The van der Waals surface area contributed by atoms with Crippen molar-refractivity contribution in [3.63, 3.8) is 0 Å². The lowest BCUT2D eigenvalue weighted by Gasteiger charge is -2.21. The monoisotopic (exact) mass is 241 g/mol. The van der Waals surface area contributed by atoms with E-state index in [4.69, 9.17) is 5.11 Å². The first-order chi connectivity index (χ1) is 7.54. The zero-order chi connectivity index (χ0) is 11.8. The van der Waals surface area contributed by atoms with E-state index in [0.29, 0.717) is 11.3 Å². The van der Waals surface area contributed by atoms with Gasteiger partial charge in [0.15, 0.2) is 9.84 Å². The van der Waals surface area contributed by atoms with Crippen molar-refractivity contribution in [2.45, 2.75) is 17.7 Å². The van der Waals surface area contributed by atoms with Gasteiger partial charge in [0.25, 0.3) is 0 Å². The molecule has 1 aliphatic heterocycles. The first-order valence-electron chi connectivity index (χ1n) is 5.22. The Labute approximate surface area is 95.4 Å². The molecule has 0 saturated carbocycles. The minimum absolute atomic E-state index is 0.0778. The van der Waals surface area contributed by atoms with E-state index in [2.05, 4.69) is 0 Å². The molecule has 0 unspecified atom stereocenters. The fraction of sp³-hybridized carbons (Fsp3) is 0.455. The van der Waals surface area contributed by atoms with Gasteiger partial charge in [0.1, 0.15) is 6.73 Å². The van der Waals surface area contributed by atoms with Gasteiger partial charge in [0.05, 0.1) is 10.6 Å². The van der Waals surface area contributed by atoms with Crippen molar-refractivity contribution in [3.8, 4) is 0 Å². The maximum Gasteiger partial charge on any atom is 0.178 e. The standard InChI is InChI=1S/C11H15NO3S/c1-12(8-13)10-4-5-11-9(7-10)3-2-6-16(11,14)15/h4-5,7,13H,2-3,6,8H2,1H3. The highest BCUT2D eigenvalue weighted by molar-refractivity contribution is 7.91. The molecule has 1 aromatic rings. The molecule has 16 heavy (non-hydrogen) atoms. The Morgan fingerprint density at radius 3 is 2.88 bits per heavy atom. The van der Waals surface area contributed by atoms with Gasteiger partial charge in [-0.2, -0.15) is 0 Å². The molecule has 88 valence electrons. The molecule has 0 radical (unpaired) electrons. The van der Waals surface area contributed by atoms with Crippen LogP contribution in [0.1, 0.15) is 12.0 Å². The third-order valence-corrected chi connectivity index (χ3v) is 4.79. The molecule has 0 aromatic heterocycles. The number of sulfone groups is 1. The highest BCUT2D eigenvalue weighted by Gasteiger charge is 2.23. The Hall–Kier alpha value is -1.07. The summed E-state index contributed by atoms with van der Waals surface area (Å²) in [7, 11) is -1.31. The zero-order valence-corrected chi connectivity index (χ0v) is 10.00. The predicted molar refractivity (Wildman–Crippen MR) is 62.3 cm³/mol. The quantitative estimate of drug-likeness (QED) is 0.778. The molecule has 1 aromatic carbocycles. The predicted octanol–water partition coefficient (Wildman–Crippen LogP) is 0.792. The van der Waals surface area contributed by atoms with E-state index in [1.54, 1.807) is 24.1 Å². The van der Waals surface area contributed by atoms with E-state index in [1.807, 2.05) is 6.07 Å². The van der Waals surface area contributed by atoms with Gasteiger partial charge in [0, 0.05) is 12.7 Å². The number of anilines is 1. The summed E-state index contributed by atoms with van der Waals surface area (Å²) in [5.74, 6) is 0.245. The van der Waals surface area contributed by atoms with Crippen LogP contribution in [0, 0.1) is 0 Å². The number of fused-ring (bicyclic) bond motifs is 1. The number of hydrogen-bond acceptors (Lipinski definition) is 4. The lowest BCUT2D eigenvalue weighted by molar-refractivity contribution is 0.298. The summed E-state index contributed by atoms with van der Waals surface area (Å²) in [5, 5.41) is 9.00. The molecule has 1 aliphatic rings. The smallest absolute Gasteiger partial charge is 0.178 e. The maximum atomic E-state index is 11.8. The largest absolute Gasteiger partial charge is 0.376 e. The Bertz CT molecular complexity index is 496. The van der Waals surface area contributed by atoms with E-state index < -0.39 is 9.84 Å². The molecule has 0 amide bonds. The molecule has 0 atom stereocenters. The first-order valence-corrected chi connectivity index (χ1v) is 6.87. The number of rotatable bonds is 2. The number of nitrogens with zero attached hydrogens (tertiary/aromatic N) is 1. The van der Waals surface area contributed by atoms with Gasteiger partial charge in [-0.3, -0.25) is 0 Å². The summed E-state index contributed by atoms with van der Waals surface area (Å²) in [4.78, 5) is 2.12. The van der Waals surface area contributed by atoms with Crippen LogP contribution in [0.5, 0.6) is 0 Å². The average molecular weight is 241 g/mol. The van der Waals surface area contributed by atoms with Gasteiger partial charge in [-0.1, -0.05) is 0 Å². The SMILES string of the molecule is CN(CO)c1ccc2c(c1)CCCS2(=O)=O. The topological polar surface area (TPSA) is 57.6 Å². The van der Waals surface area contributed by atoms with Gasteiger partial charge in [-0.05, 0) is 36.6 Å². The number of hydrogen-bond donors (Lipinski definition) is 1. The fourth-order valence-corrected chi connectivity index (χ4v) is 3.53. The first kappa shape index (κ1) is 11.4. The molecule has 1 N–H and O–H groups in total. The van der Waals surface area contributed by atoms with Crippen LogP contribution < -0.4 is 4.90 Å². The third kappa shape index (κ3) is 1.92. The second kappa shape index (κ2) is 4.07. The van der Waals surface area contributed by atoms with Crippen LogP contribution in [0.2, 0.25) is 0 Å². The molecule has 0 aliphatic carbocycles. The van der Waals surface area contributed by atoms with E-state index in [1.165, 1.54) is 0 Å². The lowest BCUT2D eigenvalue weighted by atomic mass is 10.1. The second-order valence-corrected chi connectivity index (χ2v) is 6.13. The zero-order valence-electron chi connectivity index (χ0n) is 9.18. The second-order valence-electron chi connectivity index (χ2n) is 4.05. The Kier molecular flexibility index (Phi) is 2.90. The highest BCUT2D eigenvalue weighted by atomic mass is 32.2. The minimum atomic E-state index is -3.07. The van der Waals surface area contributed by atoms with Crippen molar-refractivity contribution in [2.24, 2.45) is 0 Å². The number of benzene rings is 1. The van der Waals surface area contributed by atoms with E-state index in [0.717, 1.165) is 17.7 Å². The molecule has 0 saturated heterocycles. The van der Waals surface area contributed by atoms with Crippen molar-refractivity contribution < 1.29 is 13.5 Å². The number of aliphatic hydroxyl groups is 1. The van der Waals surface area contributed by atoms with Gasteiger partial charge >= 0.3 is 0 Å². The Morgan fingerprint density at radius 1 is 1.44 bits per heavy atom. The summed E-state index contributed by atoms with van der Waals surface area (Å²) in [6.07, 6.45) is 1.48. The summed E-state index contributed by atoms with van der Waals surface area (Å²) in [5.41, 5.74) is 1.71. The molecule has 0 bridgehead atoms. The molecule has 0 spiro atoms. The van der Waals surface area contributed by atoms with Crippen LogP contribution in [0.3, 0.4) is 0 Å². The van der Waals surface area contributed by atoms with E-state index in [-0.39, 0.29) is 12.5 Å². The van der Waals surface area contributed by atoms with Crippen molar-refractivity contribution in [1.82, 2.24) is 0 Å². The molecular weight excluding hydrogens is 226 g/mol. The molecule has 4 nitrogen and oxygen atoms in total. The van der Waals surface area contributed by atoms with Crippen molar-refractivity contribution in [1.29, 1.82) is 0 Å². The maximum absolute atomic E-state index is 11.8. The lowest BCUT2D eigenvalue weighted by Crippen LogP contribution is -2.20. The van der Waals surface area contributed by atoms with Crippen molar-refractivity contribution in [2.75, 3.05) is 24.4 Å². The van der Waals surface area contributed by atoms with Gasteiger partial charge in [0.2, 0.25) is 0 Å². The summed E-state index contributed by atoms with van der Waals surface area (Å²) >= 11 is 0. The molecule has 5 heteroatoms. The summed E-state index contributed by atoms with van der Waals surface area (Å²) in [6.45, 7) is -0.0778. The highest BCUT2D eigenvalue weighted by Crippen LogP contribution is 2.28. The Balaban J connectivity index is 2.48. The van der Waals surface area contributed by atoms with Crippen LogP contribution >= 0.6 is 0 Å². The average Bonchev–Trinajstić information content (AvgIpc) is 2.27. The molecule has 0 fully saturated rings. The minimum Gasteiger partial charge on any atom is -0.376 e. The van der Waals surface area contributed by atoms with Crippen molar-refractivity contribution >= 4 is 15.5 Å². The van der Waals surface area contributed by atoms with Crippen molar-refractivity contribution in [3.05, 3.63) is 23.8 Å². The van der Waals surface area contributed by atoms with Gasteiger partial charge in [-0.15, -0.1) is 0 Å². The molecular formula is C11H15NO3S. The third-order valence-electron chi connectivity index (χ3n) is 2.89. The van der Waals surface area contributed by atoms with E-state index in [9.17, 15) is 8.42 Å². The van der Waals surface area contributed by atoms with Crippen LogP contribution in [-0.2, 0) is 16.3 Å².